The van der Waals surface area contributed by atoms with E-state index in [4.69, 9.17) is 0 Å². The van der Waals surface area contributed by atoms with Crippen molar-refractivity contribution in [2.24, 2.45) is 0 Å². The van der Waals surface area contributed by atoms with Gasteiger partial charge in [-0.05, 0) is 30.4 Å². The molecule has 5 rings (SSSR count). The normalized spacial score (nSPS) is 18.2. The van der Waals surface area contributed by atoms with E-state index >= 15 is 0 Å². The van der Waals surface area contributed by atoms with Crippen LogP contribution in [0.3, 0.4) is 0 Å². The van der Waals surface area contributed by atoms with Gasteiger partial charge in [-0.15, -0.1) is 0 Å². The maximum Gasteiger partial charge on any atom is 0.407 e. The molecule has 0 radical (unpaired) electrons. The summed E-state index contributed by atoms with van der Waals surface area (Å²) in [6.07, 6.45) is 1.62. The smallest absolute Gasteiger partial charge is 0.407 e. The fraction of sp³-hybridized carbons (Fsp3) is 0.360. The Bertz CT molecular complexity index is 1250. The Kier molecular flexibility index (Phi) is 5.47. The van der Waals surface area contributed by atoms with Crippen molar-refractivity contribution in [2.75, 3.05) is 36.0 Å². The Hall–Kier alpha value is -3.86. The third kappa shape index (κ3) is 3.80. The van der Waals surface area contributed by atoms with Crippen LogP contribution in [0, 0.1) is 18.3 Å². The molecule has 168 valence electrons. The van der Waals surface area contributed by atoms with E-state index in [0.29, 0.717) is 26.2 Å². The second-order valence-electron chi connectivity index (χ2n) is 8.68. The number of carbonyl (C=O) groups is 1. The number of amides is 1. The van der Waals surface area contributed by atoms with Gasteiger partial charge in [-0.25, -0.2) is 14.8 Å². The lowest BCUT2D eigenvalue weighted by Crippen LogP contribution is -2.55. The van der Waals surface area contributed by atoms with Gasteiger partial charge in [0.1, 0.15) is 12.1 Å². The Morgan fingerprint density at radius 3 is 2.76 bits per heavy atom. The topological polar surface area (TPSA) is 96.6 Å². The highest BCUT2D eigenvalue weighted by molar-refractivity contribution is 5.97. The maximum absolute atomic E-state index is 11.6. The number of fused-ring (bicyclic) bond motifs is 2. The first-order valence-corrected chi connectivity index (χ1v) is 11.2. The largest absolute Gasteiger partial charge is 0.465 e. The number of carboxylic acid groups (broad SMARTS) is 1. The molecule has 2 aliphatic rings. The Morgan fingerprint density at radius 2 is 1.97 bits per heavy atom. The van der Waals surface area contributed by atoms with Crippen LogP contribution in [0.15, 0.2) is 42.7 Å². The predicted molar refractivity (Wildman–Crippen MR) is 126 cm³/mol. The van der Waals surface area contributed by atoms with Crippen molar-refractivity contribution in [3.05, 3.63) is 59.5 Å². The van der Waals surface area contributed by atoms with Gasteiger partial charge in [0.05, 0.1) is 30.8 Å². The van der Waals surface area contributed by atoms with Crippen LogP contribution >= 0.6 is 0 Å². The van der Waals surface area contributed by atoms with E-state index in [1.54, 1.807) is 6.33 Å². The van der Waals surface area contributed by atoms with Crippen molar-refractivity contribution < 1.29 is 9.90 Å². The number of rotatable bonds is 3. The van der Waals surface area contributed by atoms with Gasteiger partial charge in [-0.2, -0.15) is 5.26 Å². The van der Waals surface area contributed by atoms with Crippen LogP contribution in [0.1, 0.15) is 23.2 Å². The highest BCUT2D eigenvalue weighted by atomic mass is 16.4. The number of piperazine rings is 1. The number of hydrogen-bond acceptors (Lipinski definition) is 6. The van der Waals surface area contributed by atoms with Crippen molar-refractivity contribution in [1.82, 2.24) is 14.9 Å². The molecule has 1 fully saturated rings. The molecule has 2 aromatic carbocycles. The van der Waals surface area contributed by atoms with E-state index in [1.807, 2.05) is 0 Å². The molecule has 1 saturated heterocycles. The first-order chi connectivity index (χ1) is 16.1. The molecule has 2 aliphatic heterocycles. The number of aryl methyl sites for hydroxylation is 1. The maximum atomic E-state index is 11.6. The second-order valence-corrected chi connectivity index (χ2v) is 8.68. The van der Waals surface area contributed by atoms with Crippen LogP contribution in [0.25, 0.3) is 10.8 Å². The Balaban J connectivity index is 1.43. The SMILES string of the molecule is Cc1cccc2cccc(N3CCc4c(ncnc4N4CCN(C(=O)O)C(CC#N)C4)C3)c12. The highest BCUT2D eigenvalue weighted by Gasteiger charge is 2.33. The van der Waals surface area contributed by atoms with Gasteiger partial charge in [0.15, 0.2) is 0 Å². The molecule has 1 aromatic heterocycles. The van der Waals surface area contributed by atoms with E-state index in [2.05, 4.69) is 69.2 Å². The number of nitrogens with zero attached hydrogens (tertiary/aromatic N) is 6. The molecule has 3 heterocycles. The molecule has 3 aromatic rings. The van der Waals surface area contributed by atoms with Crippen molar-refractivity contribution in [2.45, 2.75) is 32.4 Å². The molecular weight excluding hydrogens is 416 g/mol. The van der Waals surface area contributed by atoms with Crippen molar-refractivity contribution in [3.8, 4) is 6.07 Å². The van der Waals surface area contributed by atoms with Crippen LogP contribution in [0.4, 0.5) is 16.3 Å². The quantitative estimate of drug-likeness (QED) is 0.662. The molecule has 0 spiro atoms. The molecule has 0 aliphatic carbocycles. The molecular formula is C25H26N6O2. The summed E-state index contributed by atoms with van der Waals surface area (Å²) in [6, 6.07) is 14.6. The number of hydrogen-bond donors (Lipinski definition) is 1. The molecule has 0 saturated carbocycles. The van der Waals surface area contributed by atoms with Crippen LogP contribution in [-0.4, -0.2) is 58.3 Å². The van der Waals surface area contributed by atoms with Crippen molar-refractivity contribution in [3.63, 3.8) is 0 Å². The van der Waals surface area contributed by atoms with Gasteiger partial charge in [-0.1, -0.05) is 30.3 Å². The lowest BCUT2D eigenvalue weighted by atomic mass is 9.99. The summed E-state index contributed by atoms with van der Waals surface area (Å²) in [5, 5.41) is 21.2. The van der Waals surface area contributed by atoms with Gasteiger partial charge in [0, 0.05) is 42.8 Å². The molecule has 1 unspecified atom stereocenters. The zero-order valence-corrected chi connectivity index (χ0v) is 18.6. The molecule has 1 atom stereocenters. The molecule has 1 N–H and O–H groups in total. The third-order valence-electron chi connectivity index (χ3n) is 6.77. The van der Waals surface area contributed by atoms with E-state index in [-0.39, 0.29) is 12.5 Å². The van der Waals surface area contributed by atoms with E-state index in [0.717, 1.165) is 30.0 Å². The lowest BCUT2D eigenvalue weighted by molar-refractivity contribution is 0.119. The van der Waals surface area contributed by atoms with Gasteiger partial charge in [-0.3, -0.25) is 0 Å². The number of benzene rings is 2. The van der Waals surface area contributed by atoms with Crippen molar-refractivity contribution >= 4 is 28.4 Å². The average molecular weight is 443 g/mol. The second kappa shape index (κ2) is 8.58. The summed E-state index contributed by atoms with van der Waals surface area (Å²) in [7, 11) is 0. The van der Waals surface area contributed by atoms with E-state index < -0.39 is 6.09 Å². The summed E-state index contributed by atoms with van der Waals surface area (Å²) >= 11 is 0. The molecule has 33 heavy (non-hydrogen) atoms. The van der Waals surface area contributed by atoms with Crippen LogP contribution in [0.2, 0.25) is 0 Å². The molecule has 8 nitrogen and oxygen atoms in total. The third-order valence-corrected chi connectivity index (χ3v) is 6.77. The zero-order chi connectivity index (χ0) is 22.9. The number of anilines is 2. The summed E-state index contributed by atoms with van der Waals surface area (Å²) in [4.78, 5) is 26.7. The van der Waals surface area contributed by atoms with Gasteiger partial charge >= 0.3 is 6.09 Å². The summed E-state index contributed by atoms with van der Waals surface area (Å²) in [5.74, 6) is 0.877. The number of nitriles is 1. The molecule has 0 bridgehead atoms. The van der Waals surface area contributed by atoms with Crippen LogP contribution < -0.4 is 9.80 Å². The average Bonchev–Trinajstić information content (AvgIpc) is 2.83. The van der Waals surface area contributed by atoms with Gasteiger partial charge in [0.25, 0.3) is 0 Å². The lowest BCUT2D eigenvalue weighted by Gasteiger charge is -2.41. The number of aromatic nitrogens is 2. The first kappa shape index (κ1) is 21.0. The minimum Gasteiger partial charge on any atom is -0.465 e. The summed E-state index contributed by atoms with van der Waals surface area (Å²) < 4.78 is 0. The van der Waals surface area contributed by atoms with Gasteiger partial charge in [0.2, 0.25) is 0 Å². The minimum absolute atomic E-state index is 0.171. The van der Waals surface area contributed by atoms with Gasteiger partial charge < -0.3 is 19.8 Å². The minimum atomic E-state index is -0.972. The van der Waals surface area contributed by atoms with E-state index in [1.165, 1.54) is 26.9 Å². The fourth-order valence-electron chi connectivity index (χ4n) is 5.16. The first-order valence-electron chi connectivity index (χ1n) is 11.2. The van der Waals surface area contributed by atoms with Crippen molar-refractivity contribution in [1.29, 1.82) is 5.26 Å². The predicted octanol–water partition coefficient (Wildman–Crippen LogP) is 3.58. The fourth-order valence-corrected chi connectivity index (χ4v) is 5.16. The van der Waals surface area contributed by atoms with Crippen LogP contribution in [0.5, 0.6) is 0 Å². The zero-order valence-electron chi connectivity index (χ0n) is 18.6. The van der Waals surface area contributed by atoms with Crippen LogP contribution in [-0.2, 0) is 13.0 Å². The summed E-state index contributed by atoms with van der Waals surface area (Å²) in [6.45, 7) is 5.10. The Labute approximate surface area is 192 Å². The summed E-state index contributed by atoms with van der Waals surface area (Å²) in [5.41, 5.74) is 4.62. The monoisotopic (exact) mass is 442 g/mol. The molecule has 1 amide bonds. The van der Waals surface area contributed by atoms with E-state index in [9.17, 15) is 15.2 Å². The molecule has 8 heteroatoms. The highest BCUT2D eigenvalue weighted by Crippen LogP contribution is 2.34. The Morgan fingerprint density at radius 1 is 1.15 bits per heavy atom. The standard InChI is InChI=1S/C25H26N6O2/c1-17-4-2-5-18-6-3-7-22(23(17)18)29-11-9-20-21(15-29)27-16-28-24(20)30-12-13-31(25(32)33)19(14-30)8-10-26/h2-7,16,19H,8-9,11-15H2,1H3,(H,32,33).